The third-order valence-electron chi connectivity index (χ3n) is 7.60. The Hall–Kier alpha value is -3.35. The van der Waals surface area contributed by atoms with E-state index in [2.05, 4.69) is 24.5 Å². The fraction of sp³-hybridized carbons (Fsp3) is 0.571. The minimum atomic E-state index is -0.879. The van der Waals surface area contributed by atoms with Crippen LogP contribution in [-0.2, 0) is 20.9 Å². The van der Waals surface area contributed by atoms with Gasteiger partial charge in [0.1, 0.15) is 17.7 Å². The molecule has 232 valence electrons. The van der Waals surface area contributed by atoms with Crippen molar-refractivity contribution in [2.24, 2.45) is 11.8 Å². The number of carbonyl (C=O) groups is 3. The van der Waals surface area contributed by atoms with Crippen molar-refractivity contribution in [3.8, 4) is 0 Å². The van der Waals surface area contributed by atoms with Crippen LogP contribution in [0.3, 0.4) is 0 Å². The summed E-state index contributed by atoms with van der Waals surface area (Å²) in [5.74, 6) is -0.292. The predicted octanol–water partition coefficient (Wildman–Crippen LogP) is 7.25. The second-order valence-corrected chi connectivity index (χ2v) is 13.0. The van der Waals surface area contributed by atoms with E-state index in [-0.39, 0.29) is 23.8 Å². The second kappa shape index (κ2) is 15.8. The minimum absolute atomic E-state index is 0.183. The van der Waals surface area contributed by atoms with Gasteiger partial charge in [0.25, 0.3) is 0 Å². The Bertz CT molecular complexity index is 1170. The molecule has 0 fully saturated rings. The molecule has 0 radical (unpaired) electrons. The molecule has 2 N–H and O–H groups in total. The fourth-order valence-corrected chi connectivity index (χ4v) is 5.02. The number of hydrogen-bond donors (Lipinski definition) is 2. The van der Waals surface area contributed by atoms with E-state index in [1.807, 2.05) is 83.1 Å². The molecule has 3 amide bonds. The second-order valence-electron chi connectivity index (χ2n) is 13.0. The van der Waals surface area contributed by atoms with Crippen molar-refractivity contribution in [3.63, 3.8) is 0 Å². The molecule has 0 saturated carbocycles. The number of rotatable bonds is 13. The van der Waals surface area contributed by atoms with Crippen molar-refractivity contribution >= 4 is 17.9 Å². The predicted molar refractivity (Wildman–Crippen MR) is 170 cm³/mol. The Morgan fingerprint density at radius 2 is 1.57 bits per heavy atom. The monoisotopic (exact) mass is 579 g/mol. The van der Waals surface area contributed by atoms with Gasteiger partial charge in [-0.3, -0.25) is 9.59 Å². The zero-order valence-corrected chi connectivity index (χ0v) is 27.4. The molecule has 0 aliphatic carbocycles. The van der Waals surface area contributed by atoms with Crippen molar-refractivity contribution in [2.45, 2.75) is 119 Å². The maximum Gasteiger partial charge on any atom is 0.408 e. The van der Waals surface area contributed by atoms with Gasteiger partial charge in [0.05, 0.1) is 0 Å². The Morgan fingerprint density at radius 3 is 2.12 bits per heavy atom. The molecule has 0 aliphatic heterocycles. The molecule has 2 rings (SSSR count). The van der Waals surface area contributed by atoms with Crippen LogP contribution in [0, 0.1) is 25.7 Å². The minimum Gasteiger partial charge on any atom is -0.444 e. The number of alkyl carbamates (subject to hydrolysis) is 1. The van der Waals surface area contributed by atoms with Gasteiger partial charge in [-0.25, -0.2) is 4.79 Å². The summed E-state index contributed by atoms with van der Waals surface area (Å²) in [6.45, 7) is 19.9. The van der Waals surface area contributed by atoms with E-state index in [0.717, 1.165) is 35.1 Å². The Morgan fingerprint density at radius 1 is 0.929 bits per heavy atom. The molecule has 0 saturated heterocycles. The van der Waals surface area contributed by atoms with Crippen LogP contribution in [0.1, 0.15) is 103 Å². The average molecular weight is 580 g/mol. The number of nitrogens with one attached hydrogen (secondary N) is 2. The number of carbonyl (C=O) groups excluding carboxylic acids is 3. The molecular weight excluding hydrogens is 526 g/mol. The first kappa shape index (κ1) is 34.8. The third-order valence-corrected chi connectivity index (χ3v) is 7.60. The van der Waals surface area contributed by atoms with Crippen LogP contribution >= 0.6 is 0 Å². The number of benzene rings is 2. The van der Waals surface area contributed by atoms with Crippen LogP contribution < -0.4 is 10.6 Å². The summed E-state index contributed by atoms with van der Waals surface area (Å²) in [5, 5.41) is 5.97. The van der Waals surface area contributed by atoms with Crippen molar-refractivity contribution in [1.82, 2.24) is 15.5 Å². The quantitative estimate of drug-likeness (QED) is 0.262. The van der Waals surface area contributed by atoms with Gasteiger partial charge < -0.3 is 20.3 Å². The van der Waals surface area contributed by atoms with Crippen molar-refractivity contribution in [1.29, 1.82) is 0 Å². The van der Waals surface area contributed by atoms with E-state index in [9.17, 15) is 14.4 Å². The molecule has 2 aromatic rings. The molecule has 42 heavy (non-hydrogen) atoms. The van der Waals surface area contributed by atoms with Gasteiger partial charge in [-0.1, -0.05) is 88.2 Å². The lowest BCUT2D eigenvalue weighted by atomic mass is 9.91. The molecule has 0 aliphatic rings. The van der Waals surface area contributed by atoms with Crippen LogP contribution in [0.5, 0.6) is 0 Å². The van der Waals surface area contributed by atoms with Gasteiger partial charge in [0.2, 0.25) is 11.8 Å². The first-order valence-corrected chi connectivity index (χ1v) is 15.3. The lowest BCUT2D eigenvalue weighted by molar-refractivity contribution is -0.146. The molecule has 2 aromatic carbocycles. The lowest BCUT2D eigenvalue weighted by Crippen LogP contribution is -2.57. The Kier molecular flexibility index (Phi) is 13.1. The number of amides is 3. The molecule has 0 heterocycles. The Labute approximate surface area is 253 Å². The van der Waals surface area contributed by atoms with E-state index in [4.69, 9.17) is 4.74 Å². The molecule has 0 aromatic heterocycles. The largest absolute Gasteiger partial charge is 0.444 e. The van der Waals surface area contributed by atoms with Gasteiger partial charge in [-0.15, -0.1) is 0 Å². The molecule has 7 nitrogen and oxygen atoms in total. The van der Waals surface area contributed by atoms with Gasteiger partial charge in [-0.2, -0.15) is 0 Å². The highest BCUT2D eigenvalue weighted by Gasteiger charge is 2.40. The molecule has 0 spiro atoms. The summed E-state index contributed by atoms with van der Waals surface area (Å²) in [5.41, 5.74) is 3.05. The smallest absolute Gasteiger partial charge is 0.408 e. The standard InChI is InChI=1S/C35H53N3O4/c1-11-25(5)30(37-34(41)42-35(8,9)10)33(40)38(27(7)19-17-23(2)3)31(29-20-18-24(4)21-26(29)6)32(39)36-22-28-15-13-12-14-16-28/h12-16,18,20-21,23,25,27,30-31H,11,17,19,22H2,1-10H3,(H,36,39)(H,37,41). The van der Waals surface area contributed by atoms with Gasteiger partial charge in [0, 0.05) is 12.6 Å². The van der Waals surface area contributed by atoms with E-state index in [1.165, 1.54) is 0 Å². The summed E-state index contributed by atoms with van der Waals surface area (Å²) in [6, 6.07) is 13.7. The highest BCUT2D eigenvalue weighted by Crippen LogP contribution is 2.31. The van der Waals surface area contributed by atoms with Gasteiger partial charge in [0.15, 0.2) is 0 Å². The Balaban J connectivity index is 2.63. The zero-order chi connectivity index (χ0) is 31.6. The normalized spacial score (nSPS) is 14.5. The lowest BCUT2D eigenvalue weighted by Gasteiger charge is -2.40. The summed E-state index contributed by atoms with van der Waals surface area (Å²) >= 11 is 0. The zero-order valence-electron chi connectivity index (χ0n) is 27.4. The topological polar surface area (TPSA) is 87.7 Å². The number of aryl methyl sites for hydroxylation is 2. The third kappa shape index (κ3) is 10.5. The molecule has 7 heteroatoms. The molecule has 4 atom stereocenters. The van der Waals surface area contributed by atoms with E-state index in [1.54, 1.807) is 25.7 Å². The van der Waals surface area contributed by atoms with Crippen LogP contribution in [0.4, 0.5) is 4.79 Å². The molecule has 4 unspecified atom stereocenters. The van der Waals surface area contributed by atoms with Crippen LogP contribution in [-0.4, -0.2) is 40.5 Å². The number of nitrogens with zero attached hydrogens (tertiary/aromatic N) is 1. The molecule has 0 bridgehead atoms. The number of ether oxygens (including phenoxy) is 1. The summed E-state index contributed by atoms with van der Waals surface area (Å²) in [4.78, 5) is 43.5. The SMILES string of the molecule is CCC(C)C(NC(=O)OC(C)(C)C)C(=O)N(C(C)CCC(C)C)C(C(=O)NCc1ccccc1)c1ccc(C)cc1C. The van der Waals surface area contributed by atoms with E-state index >= 15 is 0 Å². The summed E-state index contributed by atoms with van der Waals surface area (Å²) in [7, 11) is 0. The van der Waals surface area contributed by atoms with Crippen LogP contribution in [0.25, 0.3) is 0 Å². The average Bonchev–Trinajstić information content (AvgIpc) is 2.91. The van der Waals surface area contributed by atoms with Crippen molar-refractivity contribution in [2.75, 3.05) is 0 Å². The van der Waals surface area contributed by atoms with E-state index in [0.29, 0.717) is 18.9 Å². The maximum absolute atomic E-state index is 14.7. The highest BCUT2D eigenvalue weighted by atomic mass is 16.6. The highest BCUT2D eigenvalue weighted by molar-refractivity contribution is 5.92. The first-order valence-electron chi connectivity index (χ1n) is 15.3. The molecular formula is C35H53N3O4. The van der Waals surface area contributed by atoms with Gasteiger partial charge >= 0.3 is 6.09 Å². The van der Waals surface area contributed by atoms with Crippen molar-refractivity contribution in [3.05, 3.63) is 70.8 Å². The summed E-state index contributed by atoms with van der Waals surface area (Å²) < 4.78 is 5.54. The van der Waals surface area contributed by atoms with E-state index < -0.39 is 23.8 Å². The van der Waals surface area contributed by atoms with Crippen LogP contribution in [0.2, 0.25) is 0 Å². The van der Waals surface area contributed by atoms with Gasteiger partial charge in [-0.05, 0) is 82.9 Å². The fourth-order valence-electron chi connectivity index (χ4n) is 5.02. The van der Waals surface area contributed by atoms with Crippen LogP contribution in [0.15, 0.2) is 48.5 Å². The number of hydrogen-bond acceptors (Lipinski definition) is 4. The summed E-state index contributed by atoms with van der Waals surface area (Å²) in [6.07, 6.45) is 1.63. The maximum atomic E-state index is 14.7. The van der Waals surface area contributed by atoms with Crippen molar-refractivity contribution < 1.29 is 19.1 Å². The first-order chi connectivity index (χ1) is 19.6.